The van der Waals surface area contributed by atoms with Crippen LogP contribution in [0.1, 0.15) is 6.42 Å². The van der Waals surface area contributed by atoms with Crippen LogP contribution >= 0.6 is 0 Å². The molecule has 0 aliphatic rings. The topological polar surface area (TPSA) is 3.24 Å². The van der Waals surface area contributed by atoms with Gasteiger partial charge in [0.15, 0.2) is 0 Å². The minimum absolute atomic E-state index is 0.237. The first-order valence-corrected chi connectivity index (χ1v) is 2.61. The summed E-state index contributed by atoms with van der Waals surface area (Å²) in [5.41, 5.74) is 0. The summed E-state index contributed by atoms with van der Waals surface area (Å²) in [6, 6.07) is 0. The van der Waals surface area contributed by atoms with Crippen LogP contribution in [0.5, 0.6) is 0 Å². The maximum absolute atomic E-state index is 11.8. The third kappa shape index (κ3) is 5.63. The lowest BCUT2D eigenvalue weighted by molar-refractivity contribution is 0.395. The van der Waals surface area contributed by atoms with Crippen molar-refractivity contribution < 1.29 is 4.39 Å². The third-order valence-corrected chi connectivity index (χ3v) is 0.830. The fourth-order valence-corrected chi connectivity index (χ4v) is 0.345. The first-order valence-electron chi connectivity index (χ1n) is 2.61. The highest BCUT2D eigenvalue weighted by Gasteiger charge is 1.90. The molecule has 0 saturated carbocycles. The van der Waals surface area contributed by atoms with Crippen LogP contribution in [0.3, 0.4) is 0 Å². The Morgan fingerprint density at radius 3 is 2.25 bits per heavy atom. The van der Waals surface area contributed by atoms with E-state index in [2.05, 4.69) is 6.58 Å². The molecule has 0 amide bonds. The second-order valence-electron chi connectivity index (χ2n) is 2.07. The lowest BCUT2D eigenvalue weighted by atomic mass is 10.4. The lowest BCUT2D eigenvalue weighted by Gasteiger charge is -2.05. The molecular weight excluding hydrogens is 105 g/mol. The highest BCUT2D eigenvalue weighted by Crippen LogP contribution is 1.97. The van der Waals surface area contributed by atoms with Crippen molar-refractivity contribution in [3.63, 3.8) is 0 Å². The summed E-state index contributed by atoms with van der Waals surface area (Å²) in [4.78, 5) is 1.92. The van der Waals surface area contributed by atoms with Gasteiger partial charge in [-0.3, -0.25) is 0 Å². The molecule has 8 heavy (non-hydrogen) atoms. The first kappa shape index (κ1) is 7.63. The summed E-state index contributed by atoms with van der Waals surface area (Å²) in [5, 5.41) is 0. The largest absolute Gasteiger partial charge is 0.309 e. The second kappa shape index (κ2) is 3.61. The Labute approximate surface area is 49.8 Å². The summed E-state index contributed by atoms with van der Waals surface area (Å²) in [6.45, 7) is 3.88. The average molecular weight is 117 g/mol. The molecule has 0 radical (unpaired) electrons. The fourth-order valence-electron chi connectivity index (χ4n) is 0.345. The maximum atomic E-state index is 11.8. The molecule has 0 unspecified atom stereocenters. The first-order chi connectivity index (χ1) is 3.63. The molecule has 0 aliphatic carbocycles. The van der Waals surface area contributed by atoms with E-state index < -0.39 is 0 Å². The molecule has 0 N–H and O–H groups in total. The van der Waals surface area contributed by atoms with Crippen LogP contribution < -0.4 is 0 Å². The molecule has 0 aliphatic heterocycles. The fraction of sp³-hybridized carbons (Fsp3) is 0.667. The molecule has 0 spiro atoms. The number of hydrogen-bond donors (Lipinski definition) is 0. The van der Waals surface area contributed by atoms with Crippen LogP contribution in [0.25, 0.3) is 0 Å². The second-order valence-corrected chi connectivity index (χ2v) is 2.07. The van der Waals surface area contributed by atoms with Crippen molar-refractivity contribution in [2.24, 2.45) is 0 Å². The van der Waals surface area contributed by atoms with Crippen LogP contribution in [0.2, 0.25) is 0 Å². The van der Waals surface area contributed by atoms with Gasteiger partial charge in [0.2, 0.25) is 0 Å². The van der Waals surface area contributed by atoms with E-state index in [9.17, 15) is 4.39 Å². The number of halogens is 1. The summed E-state index contributed by atoms with van der Waals surface area (Å²) >= 11 is 0. The quantitative estimate of drug-likeness (QED) is 0.540. The molecule has 0 bridgehead atoms. The van der Waals surface area contributed by atoms with E-state index in [4.69, 9.17) is 0 Å². The van der Waals surface area contributed by atoms with Crippen molar-refractivity contribution in [1.29, 1.82) is 0 Å². The van der Waals surface area contributed by atoms with Crippen molar-refractivity contribution in [2.45, 2.75) is 6.42 Å². The van der Waals surface area contributed by atoms with Gasteiger partial charge in [-0.25, -0.2) is 4.39 Å². The van der Waals surface area contributed by atoms with E-state index in [-0.39, 0.29) is 5.83 Å². The molecular formula is C6H12FN. The van der Waals surface area contributed by atoms with E-state index in [0.717, 1.165) is 6.54 Å². The summed E-state index contributed by atoms with van der Waals surface area (Å²) in [5.74, 6) is -0.237. The summed E-state index contributed by atoms with van der Waals surface area (Å²) < 4.78 is 11.8. The zero-order chi connectivity index (χ0) is 6.57. The van der Waals surface area contributed by atoms with Gasteiger partial charge >= 0.3 is 0 Å². The van der Waals surface area contributed by atoms with Gasteiger partial charge in [-0.2, -0.15) is 0 Å². The Kier molecular flexibility index (Phi) is 3.44. The van der Waals surface area contributed by atoms with Crippen LogP contribution in [-0.2, 0) is 0 Å². The standard InChI is InChI=1S/C6H12FN/c1-6(7)4-5-8(2)3/h1,4-5H2,2-3H3. The van der Waals surface area contributed by atoms with Crippen molar-refractivity contribution in [2.75, 3.05) is 20.6 Å². The highest BCUT2D eigenvalue weighted by atomic mass is 19.1. The molecule has 0 heterocycles. The van der Waals surface area contributed by atoms with Gasteiger partial charge in [-0.1, -0.05) is 6.58 Å². The predicted octanol–water partition coefficient (Wildman–Crippen LogP) is 1.42. The van der Waals surface area contributed by atoms with E-state index in [1.807, 2.05) is 19.0 Å². The molecule has 48 valence electrons. The Bertz CT molecular complexity index is 78.6. The van der Waals surface area contributed by atoms with Gasteiger partial charge in [0.05, 0.1) is 5.83 Å². The zero-order valence-corrected chi connectivity index (χ0v) is 5.45. The molecule has 0 fully saturated rings. The van der Waals surface area contributed by atoms with Crippen LogP contribution in [0.4, 0.5) is 4.39 Å². The third-order valence-electron chi connectivity index (χ3n) is 0.830. The molecule has 0 rings (SSSR count). The van der Waals surface area contributed by atoms with Crippen molar-refractivity contribution >= 4 is 0 Å². The van der Waals surface area contributed by atoms with E-state index in [0.29, 0.717) is 6.42 Å². The van der Waals surface area contributed by atoms with E-state index >= 15 is 0 Å². The van der Waals surface area contributed by atoms with Crippen molar-refractivity contribution in [3.8, 4) is 0 Å². The molecule has 2 heteroatoms. The van der Waals surface area contributed by atoms with Gasteiger partial charge in [0.1, 0.15) is 0 Å². The minimum atomic E-state index is -0.237. The minimum Gasteiger partial charge on any atom is -0.309 e. The van der Waals surface area contributed by atoms with Gasteiger partial charge in [0.25, 0.3) is 0 Å². The SMILES string of the molecule is C=C(F)CCN(C)C. The summed E-state index contributed by atoms with van der Waals surface area (Å²) in [7, 11) is 3.81. The van der Waals surface area contributed by atoms with Gasteiger partial charge in [-0.05, 0) is 14.1 Å². The Balaban J connectivity index is 3.05. The smallest absolute Gasteiger partial charge is 0.0940 e. The van der Waals surface area contributed by atoms with Gasteiger partial charge < -0.3 is 4.90 Å². The number of hydrogen-bond acceptors (Lipinski definition) is 1. The van der Waals surface area contributed by atoms with Gasteiger partial charge in [-0.15, -0.1) is 0 Å². The van der Waals surface area contributed by atoms with Crippen molar-refractivity contribution in [3.05, 3.63) is 12.4 Å². The maximum Gasteiger partial charge on any atom is 0.0940 e. The summed E-state index contributed by atoms with van der Waals surface area (Å²) in [6.07, 6.45) is 0.451. The zero-order valence-electron chi connectivity index (χ0n) is 5.45. The Morgan fingerprint density at radius 1 is 1.62 bits per heavy atom. The Morgan fingerprint density at radius 2 is 2.12 bits per heavy atom. The molecule has 0 aromatic heterocycles. The normalized spacial score (nSPS) is 10.0. The molecule has 0 aromatic rings. The molecule has 1 nitrogen and oxygen atoms in total. The van der Waals surface area contributed by atoms with Gasteiger partial charge in [0, 0.05) is 13.0 Å². The molecule has 0 saturated heterocycles. The van der Waals surface area contributed by atoms with E-state index in [1.165, 1.54) is 0 Å². The lowest BCUT2D eigenvalue weighted by Crippen LogP contribution is -2.12. The average Bonchev–Trinajstić information content (AvgIpc) is 1.61. The highest BCUT2D eigenvalue weighted by molar-refractivity contribution is 4.79. The molecule has 0 atom stereocenters. The van der Waals surface area contributed by atoms with E-state index in [1.54, 1.807) is 0 Å². The Hall–Kier alpha value is -0.370. The number of rotatable bonds is 3. The van der Waals surface area contributed by atoms with Crippen LogP contribution in [0.15, 0.2) is 12.4 Å². The van der Waals surface area contributed by atoms with Crippen LogP contribution in [0, 0.1) is 0 Å². The van der Waals surface area contributed by atoms with Crippen molar-refractivity contribution in [1.82, 2.24) is 4.90 Å². The number of nitrogens with zero attached hydrogens (tertiary/aromatic N) is 1. The monoisotopic (exact) mass is 117 g/mol. The molecule has 0 aromatic carbocycles. The van der Waals surface area contributed by atoms with Crippen LogP contribution in [-0.4, -0.2) is 25.5 Å². The predicted molar refractivity (Wildman–Crippen MR) is 33.4 cm³/mol.